The van der Waals surface area contributed by atoms with Crippen LogP contribution in [-0.2, 0) is 10.8 Å². The van der Waals surface area contributed by atoms with E-state index in [1.165, 1.54) is 28.8 Å². The third-order valence-electron chi connectivity index (χ3n) is 7.73. The largest absolute Gasteiger partial charge is 0.315 e. The van der Waals surface area contributed by atoms with E-state index in [-0.39, 0.29) is 16.6 Å². The first-order chi connectivity index (χ1) is 14.6. The van der Waals surface area contributed by atoms with E-state index >= 15 is 0 Å². The van der Waals surface area contributed by atoms with E-state index in [1.807, 2.05) is 10.9 Å². The molecule has 3 unspecified atom stereocenters. The maximum atomic E-state index is 13.4. The van der Waals surface area contributed by atoms with Gasteiger partial charge in [-0.2, -0.15) is 5.10 Å². The number of nitrogens with zero attached hydrogens (tertiary/aromatic N) is 2. The van der Waals surface area contributed by atoms with Gasteiger partial charge in [-0.1, -0.05) is 37.3 Å². The number of piperidine rings is 1. The summed E-state index contributed by atoms with van der Waals surface area (Å²) in [6, 6.07) is 22.0. The Labute approximate surface area is 175 Å². The van der Waals surface area contributed by atoms with E-state index in [9.17, 15) is 4.39 Å². The van der Waals surface area contributed by atoms with Crippen molar-refractivity contribution in [3.05, 3.63) is 95.4 Å². The normalized spacial score (nSPS) is 27.4. The van der Waals surface area contributed by atoms with Crippen molar-refractivity contribution in [2.45, 2.75) is 24.7 Å². The molecule has 1 aliphatic heterocycles. The van der Waals surface area contributed by atoms with Gasteiger partial charge in [0, 0.05) is 22.8 Å². The molecule has 1 saturated carbocycles. The molecule has 1 aliphatic carbocycles. The highest BCUT2D eigenvalue weighted by molar-refractivity contribution is 5.83. The Morgan fingerprint density at radius 3 is 2.60 bits per heavy atom. The molecule has 0 bridgehead atoms. The van der Waals surface area contributed by atoms with Gasteiger partial charge in [-0.05, 0) is 72.5 Å². The van der Waals surface area contributed by atoms with E-state index in [4.69, 9.17) is 0 Å². The minimum atomic E-state index is -0.235. The minimum Gasteiger partial charge on any atom is -0.315 e. The van der Waals surface area contributed by atoms with Gasteiger partial charge < -0.3 is 5.32 Å². The number of hydrogen-bond donors (Lipinski definition) is 1. The second-order valence-electron chi connectivity index (χ2n) is 8.98. The lowest BCUT2D eigenvalue weighted by molar-refractivity contribution is 0.522. The van der Waals surface area contributed by atoms with Gasteiger partial charge >= 0.3 is 0 Å². The van der Waals surface area contributed by atoms with Crippen LogP contribution in [0.15, 0.2) is 72.9 Å². The van der Waals surface area contributed by atoms with Crippen molar-refractivity contribution in [3.63, 3.8) is 0 Å². The van der Waals surface area contributed by atoms with Crippen molar-refractivity contribution in [2.75, 3.05) is 13.1 Å². The predicted molar refractivity (Wildman–Crippen MR) is 118 cm³/mol. The van der Waals surface area contributed by atoms with Gasteiger partial charge in [0.2, 0.25) is 0 Å². The molecule has 4 aromatic rings. The number of nitrogens with one attached hydrogen (secondary N) is 1. The molecule has 0 amide bonds. The third kappa shape index (κ3) is 2.15. The maximum Gasteiger partial charge on any atom is 0.123 e. The van der Waals surface area contributed by atoms with Crippen molar-refractivity contribution in [1.29, 1.82) is 0 Å². The standard InChI is InChI=1S/C26H24FN3/c1-17-12-23-18(14-29-30(23)21-10-8-20(27)9-11-21)13-22(17)26-16-28-15-24(26)25(26,2)19-6-4-3-5-7-19/h3-14,24,28H,15-16H2,1-2H3. The van der Waals surface area contributed by atoms with Gasteiger partial charge in [0.25, 0.3) is 0 Å². The summed E-state index contributed by atoms with van der Waals surface area (Å²) in [6.45, 7) is 6.70. The second kappa shape index (κ2) is 6.02. The van der Waals surface area contributed by atoms with Crippen molar-refractivity contribution in [2.24, 2.45) is 5.92 Å². The Balaban J connectivity index is 1.49. The first-order valence-corrected chi connectivity index (χ1v) is 10.6. The molecule has 2 fully saturated rings. The fourth-order valence-corrected chi connectivity index (χ4v) is 6.14. The summed E-state index contributed by atoms with van der Waals surface area (Å²) in [4.78, 5) is 0. The van der Waals surface area contributed by atoms with Crippen LogP contribution in [0.2, 0.25) is 0 Å². The number of halogens is 1. The Bertz CT molecular complexity index is 1260. The van der Waals surface area contributed by atoms with Crippen LogP contribution in [0.25, 0.3) is 16.6 Å². The zero-order valence-electron chi connectivity index (χ0n) is 17.2. The van der Waals surface area contributed by atoms with Crippen molar-refractivity contribution in [1.82, 2.24) is 15.1 Å². The minimum absolute atomic E-state index is 0.116. The zero-order valence-corrected chi connectivity index (χ0v) is 17.2. The topological polar surface area (TPSA) is 29.9 Å². The van der Waals surface area contributed by atoms with Gasteiger partial charge in [-0.25, -0.2) is 9.07 Å². The molecule has 1 saturated heterocycles. The molecular weight excluding hydrogens is 373 g/mol. The van der Waals surface area contributed by atoms with E-state index in [0.717, 1.165) is 29.7 Å². The first kappa shape index (κ1) is 17.8. The SMILES string of the molecule is Cc1cc2c(cnn2-c2ccc(F)cc2)cc1C12CNCC1C2(C)c1ccccc1. The van der Waals surface area contributed by atoms with Crippen LogP contribution in [-0.4, -0.2) is 22.9 Å². The number of benzene rings is 3. The third-order valence-corrected chi connectivity index (χ3v) is 7.73. The molecule has 2 heterocycles. The van der Waals surface area contributed by atoms with Crippen LogP contribution in [0.5, 0.6) is 0 Å². The highest BCUT2D eigenvalue weighted by atomic mass is 19.1. The molecule has 2 aliphatic rings. The second-order valence-corrected chi connectivity index (χ2v) is 8.98. The summed E-state index contributed by atoms with van der Waals surface area (Å²) in [7, 11) is 0. The fourth-order valence-electron chi connectivity index (χ4n) is 6.14. The molecule has 3 aromatic carbocycles. The summed E-state index contributed by atoms with van der Waals surface area (Å²) < 4.78 is 15.3. The summed E-state index contributed by atoms with van der Waals surface area (Å²) >= 11 is 0. The zero-order chi connectivity index (χ0) is 20.5. The molecule has 4 heteroatoms. The van der Waals surface area contributed by atoms with E-state index in [1.54, 1.807) is 12.1 Å². The lowest BCUT2D eigenvalue weighted by atomic mass is 9.80. The van der Waals surface area contributed by atoms with Gasteiger partial charge in [-0.3, -0.25) is 0 Å². The quantitative estimate of drug-likeness (QED) is 0.533. The van der Waals surface area contributed by atoms with Crippen molar-refractivity contribution < 1.29 is 4.39 Å². The van der Waals surface area contributed by atoms with Crippen LogP contribution in [0, 0.1) is 18.7 Å². The van der Waals surface area contributed by atoms with Gasteiger partial charge in [-0.15, -0.1) is 0 Å². The van der Waals surface area contributed by atoms with Crippen LogP contribution in [0.4, 0.5) is 4.39 Å². The molecule has 150 valence electrons. The number of hydrogen-bond acceptors (Lipinski definition) is 2. The lowest BCUT2D eigenvalue weighted by Gasteiger charge is -2.26. The number of fused-ring (bicyclic) bond motifs is 2. The maximum absolute atomic E-state index is 13.4. The average molecular weight is 397 g/mol. The van der Waals surface area contributed by atoms with E-state index in [2.05, 4.69) is 66.7 Å². The van der Waals surface area contributed by atoms with Gasteiger partial charge in [0.1, 0.15) is 5.82 Å². The van der Waals surface area contributed by atoms with Crippen molar-refractivity contribution in [3.8, 4) is 5.69 Å². The Morgan fingerprint density at radius 1 is 1.07 bits per heavy atom. The van der Waals surface area contributed by atoms with Gasteiger partial charge in [0.15, 0.2) is 0 Å². The lowest BCUT2D eigenvalue weighted by Crippen LogP contribution is -2.31. The monoisotopic (exact) mass is 397 g/mol. The fraction of sp³-hybridized carbons (Fsp3) is 0.269. The van der Waals surface area contributed by atoms with Gasteiger partial charge in [0.05, 0.1) is 17.4 Å². The highest BCUT2D eigenvalue weighted by Crippen LogP contribution is 2.72. The summed E-state index contributed by atoms with van der Waals surface area (Å²) in [5.74, 6) is 0.358. The molecular formula is C26H24FN3. The molecule has 0 spiro atoms. The van der Waals surface area contributed by atoms with E-state index in [0.29, 0.717) is 5.92 Å². The first-order valence-electron chi connectivity index (χ1n) is 10.6. The Morgan fingerprint density at radius 2 is 1.83 bits per heavy atom. The van der Waals surface area contributed by atoms with Crippen LogP contribution in [0.3, 0.4) is 0 Å². The van der Waals surface area contributed by atoms with Crippen molar-refractivity contribution >= 4 is 10.9 Å². The molecule has 30 heavy (non-hydrogen) atoms. The van der Waals surface area contributed by atoms with E-state index < -0.39 is 0 Å². The summed E-state index contributed by atoms with van der Waals surface area (Å²) in [5, 5.41) is 9.38. The number of rotatable bonds is 3. The number of aryl methyl sites for hydroxylation is 1. The molecule has 3 atom stereocenters. The molecule has 1 N–H and O–H groups in total. The Kier molecular flexibility index (Phi) is 3.58. The van der Waals surface area contributed by atoms with Crippen LogP contribution < -0.4 is 5.32 Å². The Hall–Kier alpha value is -2.98. The molecule has 6 rings (SSSR count). The molecule has 1 aromatic heterocycles. The van der Waals surface area contributed by atoms with Crippen LogP contribution >= 0.6 is 0 Å². The summed E-state index contributed by atoms with van der Waals surface area (Å²) in [5.41, 5.74) is 6.34. The number of aromatic nitrogens is 2. The molecule has 0 radical (unpaired) electrons. The average Bonchev–Trinajstić information content (AvgIpc) is 3.15. The molecule has 3 nitrogen and oxygen atoms in total. The summed E-state index contributed by atoms with van der Waals surface area (Å²) in [6.07, 6.45) is 1.93. The van der Waals surface area contributed by atoms with Crippen LogP contribution in [0.1, 0.15) is 23.6 Å². The smallest absolute Gasteiger partial charge is 0.123 e. The highest BCUT2D eigenvalue weighted by Gasteiger charge is 2.76. The predicted octanol–water partition coefficient (Wildman–Crippen LogP) is 4.90.